The first kappa shape index (κ1) is 18.1. The van der Waals surface area contributed by atoms with E-state index in [1.54, 1.807) is 6.26 Å². The second-order valence-electron chi connectivity index (χ2n) is 8.25. The number of nitrogens with zero attached hydrogens (tertiary/aromatic N) is 1. The van der Waals surface area contributed by atoms with Gasteiger partial charge in [0.2, 0.25) is 0 Å². The molecular formula is C28H24N2O. The Balaban J connectivity index is 1.42. The van der Waals surface area contributed by atoms with Crippen LogP contribution in [0.1, 0.15) is 28.4 Å². The highest BCUT2D eigenvalue weighted by Crippen LogP contribution is 2.39. The third-order valence-corrected chi connectivity index (χ3v) is 6.36. The summed E-state index contributed by atoms with van der Waals surface area (Å²) in [5.41, 5.74) is 7.52. The number of nitrogens with one attached hydrogen (secondary N) is 1. The molecule has 1 unspecified atom stereocenters. The van der Waals surface area contributed by atoms with Crippen LogP contribution in [0.4, 0.5) is 0 Å². The van der Waals surface area contributed by atoms with Crippen molar-refractivity contribution in [2.45, 2.75) is 18.9 Å². The number of furan rings is 1. The predicted octanol–water partition coefficient (Wildman–Crippen LogP) is 6.62. The van der Waals surface area contributed by atoms with Gasteiger partial charge in [-0.05, 0) is 60.0 Å². The molecule has 0 amide bonds. The average molecular weight is 405 g/mol. The standard InChI is InChI=1S/C28H24N2O/c1-2-7-20(8-3-1)9-6-16-30-17-14-24-23-10-4-5-11-25(23)29-27(24)28(30)22-12-13-26-21(19-22)15-18-31-26/h1-8,10-13,15-16,18-19,28-29H,9,14,17H2/b16-6+. The summed E-state index contributed by atoms with van der Waals surface area (Å²) in [7, 11) is 0. The first-order chi connectivity index (χ1) is 15.4. The van der Waals surface area contributed by atoms with Gasteiger partial charge in [0.1, 0.15) is 5.58 Å². The Morgan fingerprint density at radius 1 is 0.968 bits per heavy atom. The number of aromatic amines is 1. The van der Waals surface area contributed by atoms with E-state index in [-0.39, 0.29) is 6.04 Å². The fourth-order valence-electron chi connectivity index (χ4n) is 4.87. The van der Waals surface area contributed by atoms with Crippen LogP contribution in [-0.4, -0.2) is 16.4 Å². The summed E-state index contributed by atoms with van der Waals surface area (Å²) in [6.45, 7) is 0.994. The van der Waals surface area contributed by atoms with Gasteiger partial charge >= 0.3 is 0 Å². The number of rotatable bonds is 4. The highest BCUT2D eigenvalue weighted by molar-refractivity contribution is 5.85. The van der Waals surface area contributed by atoms with Gasteiger partial charge in [0, 0.05) is 28.5 Å². The summed E-state index contributed by atoms with van der Waals surface area (Å²) < 4.78 is 5.58. The Morgan fingerprint density at radius 2 is 1.84 bits per heavy atom. The highest BCUT2D eigenvalue weighted by atomic mass is 16.3. The predicted molar refractivity (Wildman–Crippen MR) is 126 cm³/mol. The third kappa shape index (κ3) is 3.23. The van der Waals surface area contributed by atoms with Gasteiger partial charge in [-0.25, -0.2) is 0 Å². The van der Waals surface area contributed by atoms with Crippen molar-refractivity contribution in [3.8, 4) is 0 Å². The maximum absolute atomic E-state index is 5.58. The fourth-order valence-corrected chi connectivity index (χ4v) is 4.87. The summed E-state index contributed by atoms with van der Waals surface area (Å²) in [5, 5.41) is 2.49. The molecule has 3 heteroatoms. The van der Waals surface area contributed by atoms with Crippen molar-refractivity contribution in [2.75, 3.05) is 6.54 Å². The zero-order chi connectivity index (χ0) is 20.6. The number of hydrogen-bond acceptors (Lipinski definition) is 2. The molecule has 1 aliphatic rings. The van der Waals surface area contributed by atoms with Gasteiger partial charge < -0.3 is 14.3 Å². The van der Waals surface area contributed by atoms with E-state index in [4.69, 9.17) is 4.42 Å². The van der Waals surface area contributed by atoms with Gasteiger partial charge in [-0.15, -0.1) is 0 Å². The van der Waals surface area contributed by atoms with Gasteiger partial charge in [0.25, 0.3) is 0 Å². The molecule has 0 saturated heterocycles. The largest absolute Gasteiger partial charge is 0.464 e. The van der Waals surface area contributed by atoms with Crippen LogP contribution in [0.15, 0.2) is 102 Å². The molecule has 0 saturated carbocycles. The van der Waals surface area contributed by atoms with E-state index in [0.717, 1.165) is 30.4 Å². The monoisotopic (exact) mass is 404 g/mol. The summed E-state index contributed by atoms with van der Waals surface area (Å²) >= 11 is 0. The topological polar surface area (TPSA) is 32.2 Å². The minimum Gasteiger partial charge on any atom is -0.464 e. The summed E-state index contributed by atoms with van der Waals surface area (Å²) in [6, 6.07) is 28.0. The maximum Gasteiger partial charge on any atom is 0.133 e. The minimum absolute atomic E-state index is 0.155. The van der Waals surface area contributed by atoms with E-state index in [2.05, 4.69) is 95.0 Å². The zero-order valence-electron chi connectivity index (χ0n) is 17.3. The average Bonchev–Trinajstić information content (AvgIpc) is 3.43. The van der Waals surface area contributed by atoms with Gasteiger partial charge in [-0.3, -0.25) is 0 Å². The molecule has 2 aromatic heterocycles. The number of benzene rings is 3. The molecule has 3 nitrogen and oxygen atoms in total. The molecule has 0 fully saturated rings. The Labute approximate surface area is 181 Å². The molecule has 0 spiro atoms. The summed E-state index contributed by atoms with van der Waals surface area (Å²) in [4.78, 5) is 6.22. The molecule has 0 bridgehead atoms. The van der Waals surface area contributed by atoms with E-state index >= 15 is 0 Å². The maximum atomic E-state index is 5.58. The molecular weight excluding hydrogens is 380 g/mol. The Bertz CT molecular complexity index is 1380. The van der Waals surface area contributed by atoms with Crippen LogP contribution in [0.5, 0.6) is 0 Å². The number of aromatic nitrogens is 1. The summed E-state index contributed by atoms with van der Waals surface area (Å²) in [6.07, 6.45) is 8.31. The molecule has 1 aliphatic heterocycles. The molecule has 0 radical (unpaired) electrons. The molecule has 1 atom stereocenters. The van der Waals surface area contributed by atoms with Crippen molar-refractivity contribution in [1.82, 2.24) is 9.88 Å². The van der Waals surface area contributed by atoms with Crippen LogP contribution in [0, 0.1) is 0 Å². The van der Waals surface area contributed by atoms with Crippen molar-refractivity contribution < 1.29 is 4.42 Å². The Hall–Kier alpha value is -3.72. The first-order valence-corrected chi connectivity index (χ1v) is 10.9. The molecule has 3 heterocycles. The van der Waals surface area contributed by atoms with E-state index in [9.17, 15) is 0 Å². The number of hydrogen-bond donors (Lipinski definition) is 1. The van der Waals surface area contributed by atoms with Crippen molar-refractivity contribution in [1.29, 1.82) is 0 Å². The van der Waals surface area contributed by atoms with Crippen molar-refractivity contribution in [3.63, 3.8) is 0 Å². The third-order valence-electron chi connectivity index (χ3n) is 6.36. The van der Waals surface area contributed by atoms with E-state index in [1.165, 1.54) is 33.3 Å². The second kappa shape index (κ2) is 7.51. The summed E-state index contributed by atoms with van der Waals surface area (Å²) in [5.74, 6) is 0. The molecule has 6 rings (SSSR count). The molecule has 1 N–H and O–H groups in total. The van der Waals surface area contributed by atoms with Crippen LogP contribution >= 0.6 is 0 Å². The van der Waals surface area contributed by atoms with Gasteiger partial charge in [0.05, 0.1) is 12.3 Å². The van der Waals surface area contributed by atoms with Crippen LogP contribution in [0.2, 0.25) is 0 Å². The van der Waals surface area contributed by atoms with Gasteiger partial charge in [0.15, 0.2) is 0 Å². The number of H-pyrrole nitrogens is 1. The lowest BCUT2D eigenvalue weighted by Gasteiger charge is -2.35. The van der Waals surface area contributed by atoms with E-state index < -0.39 is 0 Å². The van der Waals surface area contributed by atoms with Gasteiger partial charge in [-0.2, -0.15) is 0 Å². The number of allylic oxidation sites excluding steroid dienone is 1. The first-order valence-electron chi connectivity index (χ1n) is 10.9. The molecule has 0 aliphatic carbocycles. The van der Waals surface area contributed by atoms with Crippen LogP contribution in [0.3, 0.4) is 0 Å². The van der Waals surface area contributed by atoms with Gasteiger partial charge in [-0.1, -0.05) is 60.7 Å². The Morgan fingerprint density at radius 3 is 2.77 bits per heavy atom. The normalized spacial score (nSPS) is 16.4. The van der Waals surface area contributed by atoms with E-state index in [0.29, 0.717) is 0 Å². The minimum atomic E-state index is 0.155. The van der Waals surface area contributed by atoms with Crippen LogP contribution < -0.4 is 0 Å². The highest BCUT2D eigenvalue weighted by Gasteiger charge is 2.30. The lowest BCUT2D eigenvalue weighted by molar-refractivity contribution is 0.297. The molecule has 31 heavy (non-hydrogen) atoms. The SMILES string of the molecule is C(=C\N1CCc2c([nH]c3ccccc23)C1c1ccc2occc2c1)/Cc1ccccc1. The zero-order valence-corrected chi connectivity index (χ0v) is 17.3. The van der Waals surface area contributed by atoms with Crippen LogP contribution in [-0.2, 0) is 12.8 Å². The van der Waals surface area contributed by atoms with Crippen LogP contribution in [0.25, 0.3) is 21.9 Å². The van der Waals surface area contributed by atoms with Crippen molar-refractivity contribution in [3.05, 3.63) is 120 Å². The Kier molecular flexibility index (Phi) is 4.38. The number of fused-ring (bicyclic) bond motifs is 4. The number of para-hydroxylation sites is 1. The molecule has 152 valence electrons. The fraction of sp³-hybridized carbons (Fsp3) is 0.143. The lowest BCUT2D eigenvalue weighted by atomic mass is 9.92. The second-order valence-corrected chi connectivity index (χ2v) is 8.25. The molecule has 3 aromatic carbocycles. The quantitative estimate of drug-likeness (QED) is 0.365. The molecule has 5 aromatic rings. The van der Waals surface area contributed by atoms with Crippen molar-refractivity contribution >= 4 is 21.9 Å². The van der Waals surface area contributed by atoms with Crippen molar-refractivity contribution in [2.24, 2.45) is 0 Å². The lowest BCUT2D eigenvalue weighted by Crippen LogP contribution is -2.32. The smallest absolute Gasteiger partial charge is 0.133 e. The van der Waals surface area contributed by atoms with E-state index in [1.807, 2.05) is 6.07 Å².